The maximum atomic E-state index is 5.82. The molecule has 6 heteroatoms. The quantitative estimate of drug-likeness (QED) is 0.879. The van der Waals surface area contributed by atoms with Crippen molar-refractivity contribution in [2.45, 2.75) is 39.8 Å². The third-order valence-electron chi connectivity index (χ3n) is 3.86. The van der Waals surface area contributed by atoms with E-state index >= 15 is 0 Å². The highest BCUT2D eigenvalue weighted by molar-refractivity contribution is 5.55. The Kier molecular flexibility index (Phi) is 4.07. The molecular weight excluding hydrogens is 268 g/mol. The Morgan fingerprint density at radius 1 is 1.29 bits per heavy atom. The van der Waals surface area contributed by atoms with E-state index in [1.807, 2.05) is 19.9 Å². The Balaban J connectivity index is 1.73. The number of rotatable bonds is 6. The van der Waals surface area contributed by atoms with Crippen molar-refractivity contribution < 1.29 is 8.83 Å². The molecule has 1 aliphatic heterocycles. The molecule has 0 spiro atoms. The van der Waals surface area contributed by atoms with Crippen LogP contribution in [0, 0.1) is 13.8 Å². The molecule has 1 aliphatic rings. The van der Waals surface area contributed by atoms with Gasteiger partial charge in [-0.05, 0) is 32.9 Å². The molecule has 3 heterocycles. The fourth-order valence-electron chi connectivity index (χ4n) is 2.65. The van der Waals surface area contributed by atoms with Gasteiger partial charge in [0.15, 0.2) is 0 Å². The van der Waals surface area contributed by atoms with Crippen LogP contribution in [0.1, 0.15) is 30.8 Å². The number of nitrogens with zero attached hydrogens (tertiary/aromatic N) is 3. The highest BCUT2D eigenvalue weighted by atomic mass is 16.4. The maximum absolute atomic E-state index is 5.82. The van der Waals surface area contributed by atoms with Crippen molar-refractivity contribution >= 4 is 0 Å². The van der Waals surface area contributed by atoms with E-state index in [9.17, 15) is 0 Å². The van der Waals surface area contributed by atoms with E-state index in [-0.39, 0.29) is 0 Å². The van der Waals surface area contributed by atoms with Gasteiger partial charge in [-0.3, -0.25) is 4.90 Å². The first-order valence-corrected chi connectivity index (χ1v) is 7.52. The summed E-state index contributed by atoms with van der Waals surface area (Å²) in [4.78, 5) is 2.40. The highest BCUT2D eigenvalue weighted by Crippen LogP contribution is 2.25. The van der Waals surface area contributed by atoms with Gasteiger partial charge in [-0.25, -0.2) is 0 Å². The zero-order chi connectivity index (χ0) is 14.8. The molecule has 0 unspecified atom stereocenters. The van der Waals surface area contributed by atoms with Crippen LogP contribution >= 0.6 is 0 Å². The lowest BCUT2D eigenvalue weighted by atomic mass is 10.1. The second-order valence-electron chi connectivity index (χ2n) is 5.61. The molecule has 21 heavy (non-hydrogen) atoms. The molecule has 0 aliphatic carbocycles. The van der Waals surface area contributed by atoms with Crippen molar-refractivity contribution in [2.75, 3.05) is 19.6 Å². The van der Waals surface area contributed by atoms with E-state index in [2.05, 4.69) is 27.3 Å². The minimum Gasteiger partial charge on any atom is -0.466 e. The lowest BCUT2D eigenvalue weighted by Crippen LogP contribution is -2.57. The van der Waals surface area contributed by atoms with Crippen molar-refractivity contribution in [3.05, 3.63) is 23.5 Å². The molecule has 3 rings (SSSR count). The SMILES string of the molecule is CCCN(Cc1nnc(-c2cc(C)oc2C)o1)C1CNC1. The Labute approximate surface area is 124 Å². The van der Waals surface area contributed by atoms with Gasteiger partial charge in [0.2, 0.25) is 5.89 Å². The van der Waals surface area contributed by atoms with Gasteiger partial charge in [-0.1, -0.05) is 6.92 Å². The Hall–Kier alpha value is -1.66. The van der Waals surface area contributed by atoms with Gasteiger partial charge in [0.1, 0.15) is 11.5 Å². The molecular formula is C15H22N4O2. The van der Waals surface area contributed by atoms with Crippen LogP contribution in [0.3, 0.4) is 0 Å². The van der Waals surface area contributed by atoms with Gasteiger partial charge >= 0.3 is 0 Å². The number of hydrogen-bond acceptors (Lipinski definition) is 6. The predicted octanol–water partition coefficient (Wildman–Crippen LogP) is 2.13. The summed E-state index contributed by atoms with van der Waals surface area (Å²) in [7, 11) is 0. The molecule has 0 bridgehead atoms. The average molecular weight is 290 g/mol. The van der Waals surface area contributed by atoms with Gasteiger partial charge in [-0.15, -0.1) is 10.2 Å². The van der Waals surface area contributed by atoms with Crippen LogP contribution in [0.25, 0.3) is 11.5 Å². The number of aryl methyl sites for hydroxylation is 2. The van der Waals surface area contributed by atoms with Crippen LogP contribution in [0.4, 0.5) is 0 Å². The van der Waals surface area contributed by atoms with Crippen LogP contribution in [-0.4, -0.2) is 40.8 Å². The molecule has 2 aromatic heterocycles. The second-order valence-corrected chi connectivity index (χ2v) is 5.61. The van der Waals surface area contributed by atoms with Crippen molar-refractivity contribution in [2.24, 2.45) is 0 Å². The van der Waals surface area contributed by atoms with E-state index in [0.717, 1.165) is 43.1 Å². The highest BCUT2D eigenvalue weighted by Gasteiger charge is 2.25. The van der Waals surface area contributed by atoms with Gasteiger partial charge in [0.25, 0.3) is 5.89 Å². The third-order valence-corrected chi connectivity index (χ3v) is 3.86. The molecule has 0 atom stereocenters. The number of hydrogen-bond donors (Lipinski definition) is 1. The van der Waals surface area contributed by atoms with E-state index in [4.69, 9.17) is 8.83 Å². The summed E-state index contributed by atoms with van der Waals surface area (Å²) in [5.74, 6) is 2.89. The summed E-state index contributed by atoms with van der Waals surface area (Å²) in [6.07, 6.45) is 1.12. The molecule has 1 fully saturated rings. The largest absolute Gasteiger partial charge is 0.466 e. The molecule has 0 radical (unpaired) electrons. The van der Waals surface area contributed by atoms with Gasteiger partial charge < -0.3 is 14.2 Å². The zero-order valence-corrected chi connectivity index (χ0v) is 12.8. The van der Waals surface area contributed by atoms with Crippen LogP contribution in [0.5, 0.6) is 0 Å². The Bertz CT molecular complexity index is 601. The lowest BCUT2D eigenvalue weighted by Gasteiger charge is -2.37. The first-order chi connectivity index (χ1) is 10.2. The van der Waals surface area contributed by atoms with Crippen LogP contribution in [0.2, 0.25) is 0 Å². The number of aromatic nitrogens is 2. The smallest absolute Gasteiger partial charge is 0.251 e. The molecule has 0 aromatic carbocycles. The molecule has 6 nitrogen and oxygen atoms in total. The third kappa shape index (κ3) is 3.01. The van der Waals surface area contributed by atoms with Gasteiger partial charge in [-0.2, -0.15) is 0 Å². The van der Waals surface area contributed by atoms with Crippen molar-refractivity contribution in [3.8, 4) is 11.5 Å². The van der Waals surface area contributed by atoms with E-state index in [1.54, 1.807) is 0 Å². The molecule has 0 saturated carbocycles. The van der Waals surface area contributed by atoms with Crippen LogP contribution in [-0.2, 0) is 6.54 Å². The molecule has 1 N–H and O–H groups in total. The van der Waals surface area contributed by atoms with Crippen LogP contribution < -0.4 is 5.32 Å². The Morgan fingerprint density at radius 2 is 2.10 bits per heavy atom. The number of furan rings is 1. The summed E-state index contributed by atoms with van der Waals surface area (Å²) in [6.45, 7) is 9.87. The summed E-state index contributed by atoms with van der Waals surface area (Å²) < 4.78 is 11.3. The molecule has 0 amide bonds. The second kappa shape index (κ2) is 5.99. The summed E-state index contributed by atoms with van der Waals surface area (Å²) in [5, 5.41) is 11.6. The van der Waals surface area contributed by atoms with Crippen molar-refractivity contribution in [1.29, 1.82) is 0 Å². The minimum atomic E-state index is 0.544. The van der Waals surface area contributed by atoms with Crippen LogP contribution in [0.15, 0.2) is 14.9 Å². The van der Waals surface area contributed by atoms with Crippen molar-refractivity contribution in [3.63, 3.8) is 0 Å². The minimum absolute atomic E-state index is 0.544. The van der Waals surface area contributed by atoms with Gasteiger partial charge in [0.05, 0.1) is 12.1 Å². The van der Waals surface area contributed by atoms with Crippen molar-refractivity contribution in [1.82, 2.24) is 20.4 Å². The van der Waals surface area contributed by atoms with Gasteiger partial charge in [0, 0.05) is 19.1 Å². The standard InChI is InChI=1S/C15H22N4O2/c1-4-5-19(12-7-16-8-12)9-14-17-18-15(21-14)13-6-10(2)20-11(13)3/h6,12,16H,4-5,7-9H2,1-3H3. The maximum Gasteiger partial charge on any atom is 0.251 e. The first kappa shape index (κ1) is 14.3. The Morgan fingerprint density at radius 3 is 2.67 bits per heavy atom. The molecule has 114 valence electrons. The average Bonchev–Trinajstić information content (AvgIpc) is 2.94. The monoisotopic (exact) mass is 290 g/mol. The first-order valence-electron chi connectivity index (χ1n) is 7.52. The summed E-state index contributed by atoms with van der Waals surface area (Å²) in [6, 6.07) is 2.52. The molecule has 1 saturated heterocycles. The fourth-order valence-corrected chi connectivity index (χ4v) is 2.65. The zero-order valence-electron chi connectivity index (χ0n) is 12.8. The fraction of sp³-hybridized carbons (Fsp3) is 0.600. The normalized spacial score (nSPS) is 15.6. The number of nitrogens with one attached hydrogen (secondary N) is 1. The van der Waals surface area contributed by atoms with E-state index in [1.165, 1.54) is 0 Å². The molecule has 2 aromatic rings. The lowest BCUT2D eigenvalue weighted by molar-refractivity contribution is 0.126. The summed E-state index contributed by atoms with van der Waals surface area (Å²) >= 11 is 0. The van der Waals surface area contributed by atoms with E-state index in [0.29, 0.717) is 24.4 Å². The topological polar surface area (TPSA) is 67.3 Å². The summed E-state index contributed by atoms with van der Waals surface area (Å²) in [5.41, 5.74) is 0.888. The predicted molar refractivity (Wildman–Crippen MR) is 78.8 cm³/mol. The van der Waals surface area contributed by atoms with E-state index < -0.39 is 0 Å².